The second-order valence-corrected chi connectivity index (χ2v) is 5.53. The summed E-state index contributed by atoms with van der Waals surface area (Å²) in [6.07, 6.45) is 6.39. The summed E-state index contributed by atoms with van der Waals surface area (Å²) in [5.41, 5.74) is 0.995. The summed E-state index contributed by atoms with van der Waals surface area (Å²) in [7, 11) is 0. The minimum atomic E-state index is -1.12. The second-order valence-electron chi connectivity index (χ2n) is 5.53. The number of hydrogen-bond donors (Lipinski definition) is 1. The SMILES string of the molecule is C=CC#CC(C)(O)c1ccccc1C(C)CCCCC. The van der Waals surface area contributed by atoms with Gasteiger partial charge in [0.25, 0.3) is 0 Å². The third-order valence-electron chi connectivity index (χ3n) is 3.67. The molecule has 0 aliphatic rings. The van der Waals surface area contributed by atoms with Gasteiger partial charge in [0.2, 0.25) is 0 Å². The smallest absolute Gasteiger partial charge is 0.148 e. The second kappa shape index (κ2) is 7.92. The minimum Gasteiger partial charge on any atom is -0.374 e. The van der Waals surface area contributed by atoms with Crippen LogP contribution in [0.4, 0.5) is 0 Å². The van der Waals surface area contributed by atoms with Crippen LogP contribution in [0, 0.1) is 11.8 Å². The fourth-order valence-electron chi connectivity index (χ4n) is 2.48. The summed E-state index contributed by atoms with van der Waals surface area (Å²) in [6.45, 7) is 9.78. The molecule has 1 aromatic rings. The number of rotatable bonds is 6. The van der Waals surface area contributed by atoms with Gasteiger partial charge in [0, 0.05) is 0 Å². The number of unbranched alkanes of at least 4 members (excludes halogenated alkanes) is 2. The maximum atomic E-state index is 10.6. The first-order valence-corrected chi connectivity index (χ1v) is 7.48. The van der Waals surface area contributed by atoms with Crippen LogP contribution in [-0.2, 0) is 5.60 Å². The van der Waals surface area contributed by atoms with Crippen LogP contribution in [0.5, 0.6) is 0 Å². The van der Waals surface area contributed by atoms with E-state index in [9.17, 15) is 5.11 Å². The summed E-state index contributed by atoms with van der Waals surface area (Å²) in [6, 6.07) is 8.08. The van der Waals surface area contributed by atoms with Gasteiger partial charge in [-0.15, -0.1) is 0 Å². The van der Waals surface area contributed by atoms with Crippen LogP contribution in [0.15, 0.2) is 36.9 Å². The molecule has 0 heterocycles. The molecule has 0 fully saturated rings. The molecule has 0 spiro atoms. The Morgan fingerprint density at radius 2 is 2.05 bits per heavy atom. The Morgan fingerprint density at radius 3 is 2.70 bits per heavy atom. The van der Waals surface area contributed by atoms with Crippen LogP contribution in [0.25, 0.3) is 0 Å². The molecule has 0 aliphatic heterocycles. The lowest BCUT2D eigenvalue weighted by atomic mass is 9.84. The molecule has 0 saturated carbocycles. The summed E-state index contributed by atoms with van der Waals surface area (Å²) in [5, 5.41) is 10.6. The van der Waals surface area contributed by atoms with Gasteiger partial charge in [0.15, 0.2) is 0 Å². The van der Waals surface area contributed by atoms with Gasteiger partial charge in [-0.05, 0) is 36.5 Å². The zero-order valence-corrected chi connectivity index (χ0v) is 12.9. The van der Waals surface area contributed by atoms with Crippen molar-refractivity contribution in [2.75, 3.05) is 0 Å². The predicted molar refractivity (Wildman–Crippen MR) is 86.5 cm³/mol. The molecular formula is C19H26O. The van der Waals surface area contributed by atoms with E-state index in [0.717, 1.165) is 12.0 Å². The number of benzene rings is 1. The average molecular weight is 270 g/mol. The molecule has 108 valence electrons. The standard InChI is InChI=1S/C19H26O/c1-5-7-9-12-16(3)17-13-10-11-14-18(17)19(4,20)15-8-6-2/h6,10-11,13-14,16,20H,2,5,7,9,12H2,1,3-4H3. The van der Waals surface area contributed by atoms with Crippen LogP contribution in [-0.4, -0.2) is 5.11 Å². The van der Waals surface area contributed by atoms with Crippen LogP contribution in [0.2, 0.25) is 0 Å². The third kappa shape index (κ3) is 4.54. The van der Waals surface area contributed by atoms with Crippen molar-refractivity contribution in [3.05, 3.63) is 48.0 Å². The normalized spacial score (nSPS) is 14.8. The highest BCUT2D eigenvalue weighted by Gasteiger charge is 2.24. The van der Waals surface area contributed by atoms with E-state index < -0.39 is 5.60 Å². The van der Waals surface area contributed by atoms with E-state index in [2.05, 4.69) is 38.3 Å². The van der Waals surface area contributed by atoms with Crippen molar-refractivity contribution >= 4 is 0 Å². The van der Waals surface area contributed by atoms with E-state index in [0.29, 0.717) is 5.92 Å². The van der Waals surface area contributed by atoms with Crippen molar-refractivity contribution in [2.24, 2.45) is 0 Å². The maximum Gasteiger partial charge on any atom is 0.148 e. The molecule has 2 unspecified atom stereocenters. The first kappa shape index (κ1) is 16.5. The first-order valence-electron chi connectivity index (χ1n) is 7.48. The largest absolute Gasteiger partial charge is 0.374 e. The topological polar surface area (TPSA) is 20.2 Å². The minimum absolute atomic E-state index is 0.440. The summed E-state index contributed by atoms with van der Waals surface area (Å²) >= 11 is 0. The Balaban J connectivity index is 3.01. The molecule has 1 aromatic carbocycles. The van der Waals surface area contributed by atoms with Crippen molar-refractivity contribution in [1.29, 1.82) is 0 Å². The highest BCUT2D eigenvalue weighted by atomic mass is 16.3. The van der Waals surface area contributed by atoms with Gasteiger partial charge < -0.3 is 5.11 Å². The van der Waals surface area contributed by atoms with Gasteiger partial charge in [0.05, 0.1) is 0 Å². The van der Waals surface area contributed by atoms with Crippen LogP contribution in [0.1, 0.15) is 63.5 Å². The molecule has 1 N–H and O–H groups in total. The summed E-state index contributed by atoms with van der Waals surface area (Å²) in [5.74, 6) is 6.08. The molecule has 0 radical (unpaired) electrons. The lowest BCUT2D eigenvalue weighted by Gasteiger charge is -2.24. The molecule has 1 heteroatoms. The number of allylic oxidation sites excluding steroid dienone is 1. The molecule has 0 aliphatic carbocycles. The Bertz CT molecular complexity index is 488. The van der Waals surface area contributed by atoms with Gasteiger partial charge in [-0.1, -0.05) is 75.8 Å². The van der Waals surface area contributed by atoms with Crippen molar-refractivity contribution in [1.82, 2.24) is 0 Å². The molecule has 0 saturated heterocycles. The van der Waals surface area contributed by atoms with E-state index in [4.69, 9.17) is 0 Å². The number of hydrogen-bond acceptors (Lipinski definition) is 1. The highest BCUT2D eigenvalue weighted by Crippen LogP contribution is 2.31. The van der Waals surface area contributed by atoms with Crippen molar-refractivity contribution in [3.8, 4) is 11.8 Å². The van der Waals surface area contributed by atoms with Crippen molar-refractivity contribution < 1.29 is 5.11 Å². The van der Waals surface area contributed by atoms with E-state index in [1.54, 1.807) is 6.92 Å². The maximum absolute atomic E-state index is 10.6. The zero-order chi connectivity index (χ0) is 15.0. The zero-order valence-electron chi connectivity index (χ0n) is 12.9. The fourth-order valence-corrected chi connectivity index (χ4v) is 2.48. The van der Waals surface area contributed by atoms with Gasteiger partial charge in [-0.2, -0.15) is 0 Å². The Hall–Kier alpha value is -1.52. The highest BCUT2D eigenvalue weighted by molar-refractivity contribution is 5.40. The molecule has 1 rings (SSSR count). The van der Waals surface area contributed by atoms with Gasteiger partial charge in [-0.3, -0.25) is 0 Å². The number of aliphatic hydroxyl groups is 1. The third-order valence-corrected chi connectivity index (χ3v) is 3.67. The molecule has 2 atom stereocenters. The van der Waals surface area contributed by atoms with Crippen molar-refractivity contribution in [3.63, 3.8) is 0 Å². The fraction of sp³-hybridized carbons (Fsp3) is 0.474. The van der Waals surface area contributed by atoms with E-state index in [-0.39, 0.29) is 0 Å². The molecule has 0 amide bonds. The lowest BCUT2D eigenvalue weighted by molar-refractivity contribution is 0.120. The Kier molecular flexibility index (Phi) is 6.55. The van der Waals surface area contributed by atoms with Gasteiger partial charge in [-0.25, -0.2) is 0 Å². The van der Waals surface area contributed by atoms with E-state index in [1.807, 2.05) is 18.2 Å². The molecule has 20 heavy (non-hydrogen) atoms. The van der Waals surface area contributed by atoms with Gasteiger partial charge in [0.1, 0.15) is 5.60 Å². The Morgan fingerprint density at radius 1 is 1.35 bits per heavy atom. The van der Waals surface area contributed by atoms with Crippen LogP contribution in [0.3, 0.4) is 0 Å². The predicted octanol–water partition coefficient (Wildman–Crippen LogP) is 4.77. The quantitative estimate of drug-likeness (QED) is 0.583. The molecular weight excluding hydrogens is 244 g/mol. The molecule has 1 nitrogen and oxygen atoms in total. The van der Waals surface area contributed by atoms with Crippen LogP contribution >= 0.6 is 0 Å². The molecule has 0 aromatic heterocycles. The van der Waals surface area contributed by atoms with Crippen LogP contribution < -0.4 is 0 Å². The average Bonchev–Trinajstić information content (AvgIpc) is 2.45. The summed E-state index contributed by atoms with van der Waals surface area (Å²) in [4.78, 5) is 0. The van der Waals surface area contributed by atoms with Gasteiger partial charge >= 0.3 is 0 Å². The van der Waals surface area contributed by atoms with E-state index in [1.165, 1.54) is 30.9 Å². The lowest BCUT2D eigenvalue weighted by Crippen LogP contribution is -2.21. The molecule has 0 bridgehead atoms. The Labute approximate surface area is 123 Å². The summed E-state index contributed by atoms with van der Waals surface area (Å²) < 4.78 is 0. The van der Waals surface area contributed by atoms with Crippen molar-refractivity contribution in [2.45, 2.75) is 58.0 Å². The monoisotopic (exact) mass is 270 g/mol. The van der Waals surface area contributed by atoms with E-state index >= 15 is 0 Å². The first-order chi connectivity index (χ1) is 9.53.